The van der Waals surface area contributed by atoms with E-state index in [9.17, 15) is 19.5 Å². The van der Waals surface area contributed by atoms with Gasteiger partial charge in [0.05, 0.1) is 34.4 Å². The lowest BCUT2D eigenvalue weighted by molar-refractivity contribution is -0.887. The molecule has 0 spiro atoms. The third-order valence-electron chi connectivity index (χ3n) is 11.1. The van der Waals surface area contributed by atoms with Crippen LogP contribution in [0.4, 0.5) is 0 Å². The van der Waals surface area contributed by atoms with Gasteiger partial charge in [0, 0.05) is 19.3 Å². The van der Waals surface area contributed by atoms with Gasteiger partial charge in [-0.05, 0) is 83.5 Å². The normalized spacial score (nSPS) is 13.5. The summed E-state index contributed by atoms with van der Waals surface area (Å²) in [6.45, 7) is 4.61. The standard InChI is InChI=1S/C55H95NO7/c1-6-8-10-12-14-16-18-20-22-24-25-26-27-28-29-30-32-33-35-37-39-41-43-45-53(57)62-50-51(49-61-48-47-52(55(59)60)56(3,4)5)63-54(58)46-44-42-40-38-36-34-31-23-21-19-17-15-13-11-9-7-2/h8,10,14,16,20,22-23,25-26,28-29,31,51-52H,6-7,9,11-13,15,17-19,21,24,27,30,32-50H2,1-5H3/p+1/b10-8+,16-14+,22-20+,26-25+,29-28+,31-23+. The minimum absolute atomic E-state index is 0.0516. The summed E-state index contributed by atoms with van der Waals surface area (Å²) < 4.78 is 17.3. The SMILES string of the molecule is CC/C=C/C/C=C/C/C=C/C/C=C/C/C=C/CCCCCCCCCC(=O)OCC(COCCC(C(=O)O)[N+](C)(C)C)OC(=O)CCCCCCC/C=C/CCCCCCCCC. The quantitative estimate of drug-likeness (QED) is 0.0281. The van der Waals surface area contributed by atoms with Crippen molar-refractivity contribution < 1.29 is 38.2 Å². The van der Waals surface area contributed by atoms with Gasteiger partial charge in [0.15, 0.2) is 12.1 Å². The number of quaternary nitrogens is 1. The summed E-state index contributed by atoms with van der Waals surface area (Å²) in [5.41, 5.74) is 0. The minimum Gasteiger partial charge on any atom is -0.477 e. The Morgan fingerprint density at radius 1 is 0.492 bits per heavy atom. The molecule has 0 aliphatic rings. The lowest BCUT2D eigenvalue weighted by Crippen LogP contribution is -2.50. The maximum Gasteiger partial charge on any atom is 0.362 e. The van der Waals surface area contributed by atoms with Crippen LogP contribution in [0.15, 0.2) is 72.9 Å². The molecule has 63 heavy (non-hydrogen) atoms. The number of hydrogen-bond acceptors (Lipinski definition) is 6. The molecule has 0 saturated carbocycles. The number of carbonyl (C=O) groups excluding carboxylic acids is 2. The topological polar surface area (TPSA) is 99.1 Å². The predicted molar refractivity (Wildman–Crippen MR) is 266 cm³/mol. The first kappa shape index (κ1) is 59.8. The van der Waals surface area contributed by atoms with E-state index >= 15 is 0 Å². The summed E-state index contributed by atoms with van der Waals surface area (Å²) in [6, 6.07) is -0.621. The molecule has 8 nitrogen and oxygen atoms in total. The molecule has 2 unspecified atom stereocenters. The number of esters is 2. The van der Waals surface area contributed by atoms with E-state index in [0.29, 0.717) is 19.3 Å². The monoisotopic (exact) mass is 883 g/mol. The van der Waals surface area contributed by atoms with Crippen molar-refractivity contribution in [2.45, 2.75) is 219 Å². The molecule has 0 bridgehead atoms. The van der Waals surface area contributed by atoms with Crippen molar-refractivity contribution in [3.63, 3.8) is 0 Å². The smallest absolute Gasteiger partial charge is 0.362 e. The third kappa shape index (κ3) is 43.8. The van der Waals surface area contributed by atoms with Crippen molar-refractivity contribution in [3.05, 3.63) is 72.9 Å². The molecule has 0 fully saturated rings. The Morgan fingerprint density at radius 3 is 1.33 bits per heavy atom. The largest absolute Gasteiger partial charge is 0.477 e. The van der Waals surface area contributed by atoms with E-state index in [0.717, 1.165) is 89.9 Å². The van der Waals surface area contributed by atoms with E-state index in [1.54, 1.807) is 0 Å². The number of carboxylic acid groups (broad SMARTS) is 1. The zero-order valence-electron chi connectivity index (χ0n) is 41.3. The number of likely N-dealkylation sites (N-methyl/N-ethyl adjacent to an activating group) is 1. The van der Waals surface area contributed by atoms with Crippen molar-refractivity contribution in [1.29, 1.82) is 0 Å². The molecule has 0 rings (SSSR count). The maximum absolute atomic E-state index is 12.8. The third-order valence-corrected chi connectivity index (χ3v) is 11.1. The fraction of sp³-hybridized carbons (Fsp3) is 0.727. The Balaban J connectivity index is 4.28. The van der Waals surface area contributed by atoms with Crippen LogP contribution in [0.1, 0.15) is 206 Å². The summed E-state index contributed by atoms with van der Waals surface area (Å²) >= 11 is 0. The number of carbonyl (C=O) groups is 3. The molecule has 0 aromatic carbocycles. The zero-order chi connectivity index (χ0) is 46.3. The zero-order valence-corrected chi connectivity index (χ0v) is 41.3. The summed E-state index contributed by atoms with van der Waals surface area (Å²) in [7, 11) is 5.52. The average Bonchev–Trinajstić information content (AvgIpc) is 3.24. The molecule has 0 aliphatic heterocycles. The summed E-state index contributed by atoms with van der Waals surface area (Å²) in [4.78, 5) is 37.1. The molecule has 362 valence electrons. The van der Waals surface area contributed by atoms with Crippen molar-refractivity contribution in [1.82, 2.24) is 0 Å². The number of unbranched alkanes of at least 4 members (excludes halogenated alkanes) is 19. The van der Waals surface area contributed by atoms with Gasteiger partial charge in [-0.1, -0.05) is 177 Å². The molecule has 0 amide bonds. The van der Waals surface area contributed by atoms with Crippen LogP contribution >= 0.6 is 0 Å². The highest BCUT2D eigenvalue weighted by atomic mass is 16.6. The Hall–Kier alpha value is -3.23. The van der Waals surface area contributed by atoms with Crippen LogP contribution in [-0.4, -0.2) is 80.6 Å². The number of hydrogen-bond donors (Lipinski definition) is 1. The highest BCUT2D eigenvalue weighted by Crippen LogP contribution is 2.14. The number of aliphatic carboxylic acids is 1. The first-order valence-electron chi connectivity index (χ1n) is 25.5. The second kappa shape index (κ2) is 45.3. The van der Waals surface area contributed by atoms with E-state index in [4.69, 9.17) is 14.2 Å². The number of ether oxygens (including phenoxy) is 3. The molecule has 0 aliphatic carbocycles. The first-order valence-corrected chi connectivity index (χ1v) is 25.5. The van der Waals surface area contributed by atoms with Crippen LogP contribution in [0.5, 0.6) is 0 Å². The van der Waals surface area contributed by atoms with Crippen molar-refractivity contribution in [3.8, 4) is 0 Å². The molecule has 1 N–H and O–H groups in total. The molecule has 2 atom stereocenters. The molecule has 0 radical (unpaired) electrons. The van der Waals surface area contributed by atoms with E-state index < -0.39 is 18.1 Å². The number of rotatable bonds is 45. The maximum atomic E-state index is 12.8. The van der Waals surface area contributed by atoms with Crippen LogP contribution in [0.25, 0.3) is 0 Å². The van der Waals surface area contributed by atoms with Gasteiger partial charge >= 0.3 is 17.9 Å². The van der Waals surface area contributed by atoms with Crippen LogP contribution in [0.2, 0.25) is 0 Å². The van der Waals surface area contributed by atoms with E-state index in [1.165, 1.54) is 83.5 Å². The Morgan fingerprint density at radius 2 is 0.889 bits per heavy atom. The minimum atomic E-state index is -0.879. The second-order valence-electron chi connectivity index (χ2n) is 18.0. The number of nitrogens with zero attached hydrogens (tertiary/aromatic N) is 1. The Bertz CT molecular complexity index is 1260. The Kier molecular flexibility index (Phi) is 43.0. The molecular weight excluding hydrogens is 787 g/mol. The van der Waals surface area contributed by atoms with Crippen molar-refractivity contribution >= 4 is 17.9 Å². The second-order valence-corrected chi connectivity index (χ2v) is 18.0. The van der Waals surface area contributed by atoms with E-state index in [1.807, 2.05) is 21.1 Å². The number of carboxylic acids is 1. The molecule has 0 aromatic rings. The lowest BCUT2D eigenvalue weighted by atomic mass is 10.1. The summed E-state index contributed by atoms with van der Waals surface area (Å²) in [5.74, 6) is -1.49. The average molecular weight is 883 g/mol. The van der Waals surface area contributed by atoms with Crippen molar-refractivity contribution in [2.75, 3.05) is 41.0 Å². The first-order chi connectivity index (χ1) is 30.6. The van der Waals surface area contributed by atoms with Gasteiger partial charge in [0.1, 0.15) is 6.61 Å². The molecule has 0 heterocycles. The number of allylic oxidation sites excluding steroid dienone is 12. The van der Waals surface area contributed by atoms with Crippen LogP contribution in [0.3, 0.4) is 0 Å². The van der Waals surface area contributed by atoms with Gasteiger partial charge in [-0.25, -0.2) is 4.79 Å². The van der Waals surface area contributed by atoms with Crippen LogP contribution < -0.4 is 0 Å². The molecule has 8 heteroatoms. The summed E-state index contributed by atoms with van der Waals surface area (Å²) in [5, 5.41) is 9.65. The van der Waals surface area contributed by atoms with E-state index in [2.05, 4.69) is 86.8 Å². The van der Waals surface area contributed by atoms with Gasteiger partial charge < -0.3 is 23.8 Å². The Labute approximate surface area is 387 Å². The fourth-order valence-corrected chi connectivity index (χ4v) is 7.17. The van der Waals surface area contributed by atoms with Gasteiger partial charge in [0.2, 0.25) is 0 Å². The van der Waals surface area contributed by atoms with Crippen molar-refractivity contribution in [2.24, 2.45) is 0 Å². The van der Waals surface area contributed by atoms with Gasteiger partial charge in [-0.2, -0.15) is 0 Å². The van der Waals surface area contributed by atoms with Crippen LogP contribution in [-0.2, 0) is 28.6 Å². The lowest BCUT2D eigenvalue weighted by Gasteiger charge is -2.31. The van der Waals surface area contributed by atoms with Gasteiger partial charge in [-0.15, -0.1) is 0 Å². The van der Waals surface area contributed by atoms with Gasteiger partial charge in [-0.3, -0.25) is 9.59 Å². The summed E-state index contributed by atoms with van der Waals surface area (Å²) in [6.07, 6.45) is 58.0. The van der Waals surface area contributed by atoms with Gasteiger partial charge in [0.25, 0.3) is 0 Å². The van der Waals surface area contributed by atoms with Crippen LogP contribution in [0, 0.1) is 0 Å². The molecule has 0 aromatic heterocycles. The molecular formula is C55H96NO7+. The highest BCUT2D eigenvalue weighted by Gasteiger charge is 2.31. The predicted octanol–water partition coefficient (Wildman–Crippen LogP) is 14.7. The fourth-order valence-electron chi connectivity index (χ4n) is 7.17. The highest BCUT2D eigenvalue weighted by molar-refractivity contribution is 5.72. The molecule has 0 saturated heterocycles. The van der Waals surface area contributed by atoms with E-state index in [-0.39, 0.29) is 36.2 Å².